The van der Waals surface area contributed by atoms with E-state index in [4.69, 9.17) is 10.5 Å². The van der Waals surface area contributed by atoms with Crippen molar-refractivity contribution >= 4 is 10.0 Å². The summed E-state index contributed by atoms with van der Waals surface area (Å²) in [4.78, 5) is 4.12. The molecule has 7 nitrogen and oxygen atoms in total. The second-order valence-corrected chi connectivity index (χ2v) is 5.98. The van der Waals surface area contributed by atoms with Gasteiger partial charge < -0.3 is 15.0 Å². The van der Waals surface area contributed by atoms with Crippen LogP contribution in [0.3, 0.4) is 0 Å². The van der Waals surface area contributed by atoms with Crippen LogP contribution in [0.15, 0.2) is 11.2 Å². The molecule has 0 radical (unpaired) electrons. The molecular formula is C11H22N4O3S. The monoisotopic (exact) mass is 290 g/mol. The fourth-order valence-corrected chi connectivity index (χ4v) is 3.18. The summed E-state index contributed by atoms with van der Waals surface area (Å²) >= 11 is 0. The van der Waals surface area contributed by atoms with Gasteiger partial charge in [0.2, 0.25) is 0 Å². The summed E-state index contributed by atoms with van der Waals surface area (Å²) in [6.07, 6.45) is 1.56. The lowest BCUT2D eigenvalue weighted by Crippen LogP contribution is -2.37. The zero-order chi connectivity index (χ0) is 14.5. The first-order valence-corrected chi connectivity index (χ1v) is 7.64. The molecule has 0 aliphatic carbocycles. The van der Waals surface area contributed by atoms with Gasteiger partial charge in [-0.3, -0.25) is 0 Å². The van der Waals surface area contributed by atoms with E-state index >= 15 is 0 Å². The van der Waals surface area contributed by atoms with E-state index in [9.17, 15) is 8.42 Å². The van der Waals surface area contributed by atoms with Gasteiger partial charge >= 0.3 is 0 Å². The molecule has 0 saturated carbocycles. The molecule has 0 bridgehead atoms. The number of nitrogens with zero attached hydrogens (tertiary/aromatic N) is 3. The van der Waals surface area contributed by atoms with Crippen molar-refractivity contribution in [2.24, 2.45) is 5.73 Å². The van der Waals surface area contributed by atoms with Gasteiger partial charge in [-0.05, 0) is 13.8 Å². The highest BCUT2D eigenvalue weighted by Crippen LogP contribution is 2.14. The van der Waals surface area contributed by atoms with E-state index in [1.807, 2.05) is 6.92 Å². The maximum Gasteiger partial charge on any atom is 0.262 e. The van der Waals surface area contributed by atoms with Crippen molar-refractivity contribution in [2.75, 3.05) is 33.4 Å². The predicted octanol–water partition coefficient (Wildman–Crippen LogP) is -0.193. The van der Waals surface area contributed by atoms with E-state index in [1.165, 1.54) is 11.4 Å². The molecule has 0 atom stereocenters. The second-order valence-electron chi connectivity index (χ2n) is 4.10. The van der Waals surface area contributed by atoms with Crippen LogP contribution in [0.25, 0.3) is 0 Å². The molecule has 2 N–H and O–H groups in total. The van der Waals surface area contributed by atoms with Crippen molar-refractivity contribution in [2.45, 2.75) is 25.4 Å². The zero-order valence-electron chi connectivity index (χ0n) is 11.7. The van der Waals surface area contributed by atoms with Crippen molar-refractivity contribution in [3.63, 3.8) is 0 Å². The molecule has 110 valence electrons. The number of ether oxygens (including phenoxy) is 1. The molecule has 0 unspecified atom stereocenters. The summed E-state index contributed by atoms with van der Waals surface area (Å²) in [5.41, 5.74) is 5.46. The van der Waals surface area contributed by atoms with Gasteiger partial charge in [0.25, 0.3) is 10.0 Å². The van der Waals surface area contributed by atoms with E-state index < -0.39 is 10.0 Å². The number of rotatable bonds is 8. The molecule has 0 aliphatic rings. The molecule has 1 heterocycles. The average molecular weight is 290 g/mol. The van der Waals surface area contributed by atoms with Gasteiger partial charge in [-0.2, -0.15) is 4.31 Å². The van der Waals surface area contributed by atoms with Crippen molar-refractivity contribution in [3.8, 4) is 0 Å². The normalized spacial score (nSPS) is 12.3. The molecule has 0 fully saturated rings. The van der Waals surface area contributed by atoms with E-state index in [0.717, 1.165) is 0 Å². The number of methoxy groups -OCH3 is 1. The van der Waals surface area contributed by atoms with Gasteiger partial charge in [0.1, 0.15) is 5.82 Å². The molecule has 0 spiro atoms. The van der Waals surface area contributed by atoms with Crippen LogP contribution >= 0.6 is 0 Å². The van der Waals surface area contributed by atoms with Gasteiger partial charge in [0.15, 0.2) is 5.03 Å². The summed E-state index contributed by atoms with van der Waals surface area (Å²) in [6.45, 7) is 5.52. The standard InChI is InChI=1S/C11H22N4O3S/c1-4-14-9-11(13-10(14)2)19(16,17)15(6-5-12)7-8-18-3/h9H,4-8,12H2,1-3H3. The van der Waals surface area contributed by atoms with Crippen LogP contribution in [0.4, 0.5) is 0 Å². The van der Waals surface area contributed by atoms with Crippen molar-refractivity contribution in [1.29, 1.82) is 0 Å². The highest BCUT2D eigenvalue weighted by Gasteiger charge is 2.26. The van der Waals surface area contributed by atoms with Gasteiger partial charge in [0, 0.05) is 39.5 Å². The van der Waals surface area contributed by atoms with E-state index in [2.05, 4.69) is 4.98 Å². The Morgan fingerprint density at radius 2 is 2.16 bits per heavy atom. The Morgan fingerprint density at radius 3 is 2.63 bits per heavy atom. The van der Waals surface area contributed by atoms with E-state index in [-0.39, 0.29) is 24.7 Å². The molecule has 0 aliphatic heterocycles. The van der Waals surface area contributed by atoms with E-state index in [0.29, 0.717) is 19.0 Å². The van der Waals surface area contributed by atoms with Crippen LogP contribution in [0.2, 0.25) is 0 Å². The van der Waals surface area contributed by atoms with Gasteiger partial charge in [-0.15, -0.1) is 0 Å². The minimum atomic E-state index is -3.61. The fraction of sp³-hybridized carbons (Fsp3) is 0.727. The molecule has 19 heavy (non-hydrogen) atoms. The zero-order valence-corrected chi connectivity index (χ0v) is 12.5. The first-order valence-electron chi connectivity index (χ1n) is 6.20. The maximum absolute atomic E-state index is 12.4. The first-order chi connectivity index (χ1) is 8.97. The van der Waals surface area contributed by atoms with Crippen LogP contribution in [-0.2, 0) is 21.3 Å². The molecule has 1 aromatic heterocycles. The SMILES string of the molecule is CCn1cc(S(=O)(=O)N(CCN)CCOC)nc1C. The topological polar surface area (TPSA) is 90.5 Å². The lowest BCUT2D eigenvalue weighted by Gasteiger charge is -2.19. The molecule has 0 aromatic carbocycles. The quantitative estimate of drug-likeness (QED) is 0.716. The smallest absolute Gasteiger partial charge is 0.262 e. The van der Waals surface area contributed by atoms with Crippen LogP contribution in [0.1, 0.15) is 12.7 Å². The van der Waals surface area contributed by atoms with Gasteiger partial charge in [0.05, 0.1) is 6.61 Å². The maximum atomic E-state index is 12.4. The molecule has 1 rings (SSSR count). The van der Waals surface area contributed by atoms with Gasteiger partial charge in [-0.1, -0.05) is 0 Å². The van der Waals surface area contributed by atoms with Gasteiger partial charge in [-0.25, -0.2) is 13.4 Å². The highest BCUT2D eigenvalue weighted by atomic mass is 32.2. The summed E-state index contributed by atoms with van der Waals surface area (Å²) in [7, 11) is -2.07. The van der Waals surface area contributed by atoms with Crippen LogP contribution in [-0.4, -0.2) is 55.6 Å². The summed E-state index contributed by atoms with van der Waals surface area (Å²) < 4.78 is 32.9. The summed E-state index contributed by atoms with van der Waals surface area (Å²) in [5.74, 6) is 0.681. The Hall–Kier alpha value is -0.960. The fourth-order valence-electron chi connectivity index (χ4n) is 1.75. The molecule has 0 saturated heterocycles. The Labute approximate surface area is 114 Å². The minimum absolute atomic E-state index is 0.0661. The predicted molar refractivity (Wildman–Crippen MR) is 72.3 cm³/mol. The van der Waals surface area contributed by atoms with Crippen LogP contribution in [0.5, 0.6) is 0 Å². The largest absolute Gasteiger partial charge is 0.383 e. The number of aromatic nitrogens is 2. The molecular weight excluding hydrogens is 268 g/mol. The molecule has 0 amide bonds. The number of imidazole rings is 1. The average Bonchev–Trinajstić information content (AvgIpc) is 2.76. The number of nitrogens with two attached hydrogens (primary N) is 1. The lowest BCUT2D eigenvalue weighted by atomic mass is 10.6. The Kier molecular flexibility index (Phi) is 5.92. The Bertz CT molecular complexity index is 498. The van der Waals surface area contributed by atoms with Crippen LogP contribution in [0, 0.1) is 6.92 Å². The number of hydrogen-bond donors (Lipinski definition) is 1. The van der Waals surface area contributed by atoms with Crippen LogP contribution < -0.4 is 5.73 Å². The lowest BCUT2D eigenvalue weighted by molar-refractivity contribution is 0.179. The number of sulfonamides is 1. The summed E-state index contributed by atoms with van der Waals surface area (Å²) in [5, 5.41) is 0.0661. The first kappa shape index (κ1) is 16.1. The third-order valence-corrected chi connectivity index (χ3v) is 4.59. The summed E-state index contributed by atoms with van der Waals surface area (Å²) in [6, 6.07) is 0. The second kappa shape index (κ2) is 6.99. The van der Waals surface area contributed by atoms with Crippen molar-refractivity contribution in [1.82, 2.24) is 13.9 Å². The Balaban J connectivity index is 3.03. The third kappa shape index (κ3) is 3.75. The van der Waals surface area contributed by atoms with Crippen molar-refractivity contribution < 1.29 is 13.2 Å². The molecule has 8 heteroatoms. The third-order valence-electron chi connectivity index (χ3n) is 2.82. The minimum Gasteiger partial charge on any atom is -0.383 e. The Morgan fingerprint density at radius 1 is 1.47 bits per heavy atom. The number of hydrogen-bond acceptors (Lipinski definition) is 5. The highest BCUT2D eigenvalue weighted by molar-refractivity contribution is 7.89. The number of aryl methyl sites for hydroxylation is 2. The van der Waals surface area contributed by atoms with Crippen molar-refractivity contribution in [3.05, 3.63) is 12.0 Å². The molecule has 1 aromatic rings. The van der Waals surface area contributed by atoms with E-state index in [1.54, 1.807) is 17.7 Å².